The van der Waals surface area contributed by atoms with Gasteiger partial charge in [0.25, 0.3) is 5.91 Å². The summed E-state index contributed by atoms with van der Waals surface area (Å²) in [5.41, 5.74) is 4.46. The summed E-state index contributed by atoms with van der Waals surface area (Å²) < 4.78 is 11.8. The fourth-order valence-electron chi connectivity index (χ4n) is 4.53. The lowest BCUT2D eigenvalue weighted by molar-refractivity contribution is -0.126. The molecule has 0 bridgehead atoms. The monoisotopic (exact) mass is 593 g/mol. The molecule has 1 saturated heterocycles. The van der Waals surface area contributed by atoms with Crippen molar-refractivity contribution in [2.24, 2.45) is 5.92 Å². The zero-order valence-corrected chi connectivity index (χ0v) is 23.8. The molecule has 0 unspecified atom stereocenters. The number of amides is 3. The Bertz CT molecular complexity index is 1340. The maximum atomic E-state index is 12.7. The van der Waals surface area contributed by atoms with Gasteiger partial charge in [-0.25, -0.2) is 0 Å². The van der Waals surface area contributed by atoms with Crippen molar-refractivity contribution < 1.29 is 23.9 Å². The summed E-state index contributed by atoms with van der Waals surface area (Å²) in [5.74, 6) is 0.327. The number of aryl methyl sites for hydroxylation is 2. The summed E-state index contributed by atoms with van der Waals surface area (Å²) in [6.45, 7) is 4.54. The maximum Gasteiger partial charge on any atom is 0.262 e. The molecule has 1 fully saturated rings. The van der Waals surface area contributed by atoms with Gasteiger partial charge in [0.2, 0.25) is 11.8 Å². The van der Waals surface area contributed by atoms with Crippen molar-refractivity contribution in [1.82, 2.24) is 5.32 Å². The molecule has 0 aliphatic carbocycles. The minimum atomic E-state index is -0.426. The number of carbonyl (C=O) groups is 3. The van der Waals surface area contributed by atoms with Crippen LogP contribution in [0.2, 0.25) is 0 Å². The number of benzene rings is 3. The Morgan fingerprint density at radius 1 is 1.05 bits per heavy atom. The molecule has 9 heteroatoms. The summed E-state index contributed by atoms with van der Waals surface area (Å²) in [5, 5.41) is 5.87. The predicted molar refractivity (Wildman–Crippen MR) is 154 cm³/mol. The van der Waals surface area contributed by atoms with Gasteiger partial charge in [-0.2, -0.15) is 0 Å². The Morgan fingerprint density at radius 3 is 2.41 bits per heavy atom. The number of rotatable bonds is 10. The third-order valence-electron chi connectivity index (χ3n) is 6.67. The summed E-state index contributed by atoms with van der Waals surface area (Å²) in [6.07, 6.45) is 0.945. The number of hydrogen-bond donors (Lipinski definition) is 2. The summed E-state index contributed by atoms with van der Waals surface area (Å²) in [4.78, 5) is 39.5. The fourth-order valence-corrected chi connectivity index (χ4v) is 5.15. The number of hydrogen-bond acceptors (Lipinski definition) is 5. The molecule has 0 saturated carbocycles. The number of carbonyl (C=O) groups excluding carboxylic acids is 3. The topological polar surface area (TPSA) is 97.0 Å². The van der Waals surface area contributed by atoms with Crippen LogP contribution in [-0.4, -0.2) is 38.0 Å². The Hall–Kier alpha value is -3.85. The number of ether oxygens (including phenoxy) is 2. The summed E-state index contributed by atoms with van der Waals surface area (Å²) >= 11 is 3.49. The lowest BCUT2D eigenvalue weighted by Gasteiger charge is -2.17. The molecule has 3 amide bonds. The normalized spacial score (nSPS) is 14.7. The molecule has 2 N–H and O–H groups in total. The van der Waals surface area contributed by atoms with E-state index in [1.54, 1.807) is 36.3 Å². The van der Waals surface area contributed by atoms with Crippen LogP contribution >= 0.6 is 15.9 Å². The highest BCUT2D eigenvalue weighted by Crippen LogP contribution is 2.28. The molecule has 39 heavy (non-hydrogen) atoms. The smallest absolute Gasteiger partial charge is 0.262 e. The van der Waals surface area contributed by atoms with Crippen molar-refractivity contribution in [2.45, 2.75) is 33.2 Å². The van der Waals surface area contributed by atoms with Crippen molar-refractivity contribution in [3.63, 3.8) is 0 Å². The van der Waals surface area contributed by atoms with Gasteiger partial charge in [-0.3, -0.25) is 14.4 Å². The molecule has 1 atom stereocenters. The lowest BCUT2D eigenvalue weighted by Crippen LogP contribution is -2.32. The molecular formula is C30H32BrN3O5. The first-order chi connectivity index (χ1) is 18.8. The zero-order valence-electron chi connectivity index (χ0n) is 22.3. The Kier molecular flexibility index (Phi) is 9.24. The molecule has 204 valence electrons. The highest BCUT2D eigenvalue weighted by atomic mass is 79.9. The SMILES string of the molecule is CCc1cc(Br)cc(C)c1NC(=O)COc1ccc(N2C[C@@H](C(=O)NCc3ccc(OC)cc3)CC2=O)cc1. The molecule has 4 rings (SSSR count). The van der Waals surface area contributed by atoms with Crippen LogP contribution < -0.4 is 25.0 Å². The highest BCUT2D eigenvalue weighted by molar-refractivity contribution is 9.10. The average molecular weight is 595 g/mol. The second-order valence-electron chi connectivity index (χ2n) is 9.41. The molecule has 1 aliphatic rings. The lowest BCUT2D eigenvalue weighted by atomic mass is 10.1. The maximum absolute atomic E-state index is 12.7. The van der Waals surface area contributed by atoms with Crippen LogP contribution in [0.1, 0.15) is 30.0 Å². The number of nitrogens with zero attached hydrogens (tertiary/aromatic N) is 1. The molecule has 3 aromatic carbocycles. The minimum Gasteiger partial charge on any atom is -0.497 e. The number of nitrogens with one attached hydrogen (secondary N) is 2. The Morgan fingerprint density at radius 2 is 1.74 bits per heavy atom. The van der Waals surface area contributed by atoms with E-state index >= 15 is 0 Å². The van der Waals surface area contributed by atoms with Crippen LogP contribution in [0.3, 0.4) is 0 Å². The second kappa shape index (κ2) is 12.8. The van der Waals surface area contributed by atoms with Crippen LogP contribution in [0.4, 0.5) is 11.4 Å². The number of halogens is 1. The zero-order chi connectivity index (χ0) is 27.9. The van der Waals surface area contributed by atoms with Gasteiger partial charge in [0.05, 0.1) is 13.0 Å². The van der Waals surface area contributed by atoms with E-state index in [1.807, 2.05) is 50.2 Å². The third-order valence-corrected chi connectivity index (χ3v) is 7.13. The molecule has 3 aromatic rings. The molecule has 8 nitrogen and oxygen atoms in total. The first-order valence-electron chi connectivity index (χ1n) is 12.8. The second-order valence-corrected chi connectivity index (χ2v) is 10.3. The van der Waals surface area contributed by atoms with Crippen LogP contribution in [0.5, 0.6) is 11.5 Å². The van der Waals surface area contributed by atoms with Crippen LogP contribution in [0.15, 0.2) is 65.1 Å². The van der Waals surface area contributed by atoms with E-state index in [0.29, 0.717) is 24.5 Å². The van der Waals surface area contributed by atoms with Gasteiger partial charge in [-0.15, -0.1) is 0 Å². The summed E-state index contributed by atoms with van der Waals surface area (Å²) in [6, 6.07) is 18.4. The van der Waals surface area contributed by atoms with E-state index in [-0.39, 0.29) is 30.7 Å². The van der Waals surface area contributed by atoms with Crippen molar-refractivity contribution in [2.75, 3.05) is 30.5 Å². The molecular weight excluding hydrogens is 562 g/mol. The summed E-state index contributed by atoms with van der Waals surface area (Å²) in [7, 11) is 1.60. The van der Waals surface area contributed by atoms with E-state index in [9.17, 15) is 14.4 Å². The molecule has 0 spiro atoms. The van der Waals surface area contributed by atoms with Crippen molar-refractivity contribution in [3.8, 4) is 11.5 Å². The van der Waals surface area contributed by atoms with Gasteiger partial charge in [-0.05, 0) is 78.6 Å². The van der Waals surface area contributed by atoms with Crippen molar-refractivity contribution >= 4 is 45.0 Å². The van der Waals surface area contributed by atoms with Gasteiger partial charge in [0.15, 0.2) is 6.61 Å². The fraction of sp³-hybridized carbons (Fsp3) is 0.300. The standard InChI is InChI=1S/C30H32BrN3O5/c1-4-21-14-23(31)13-19(2)29(21)33-27(35)18-39-26-11-7-24(8-12-26)34-17-22(15-28(34)36)30(37)32-16-20-5-9-25(38-3)10-6-20/h5-14,22H,4,15-18H2,1-3H3,(H,32,37)(H,33,35)/t22-/m0/s1. The molecule has 1 aliphatic heterocycles. The van der Waals surface area contributed by atoms with Crippen molar-refractivity contribution in [1.29, 1.82) is 0 Å². The average Bonchev–Trinajstić information content (AvgIpc) is 3.34. The Labute approximate surface area is 236 Å². The van der Waals surface area contributed by atoms with Crippen LogP contribution in [0, 0.1) is 12.8 Å². The first kappa shape index (κ1) is 28.2. The Balaban J connectivity index is 1.28. The van der Waals surface area contributed by atoms with Gasteiger partial charge < -0.3 is 25.0 Å². The predicted octanol–water partition coefficient (Wildman–Crippen LogP) is 5.02. The third kappa shape index (κ3) is 7.17. The van der Waals surface area contributed by atoms with E-state index in [2.05, 4.69) is 26.6 Å². The quantitative estimate of drug-likeness (QED) is 0.344. The van der Waals surface area contributed by atoms with Crippen LogP contribution in [-0.2, 0) is 27.3 Å². The van der Waals surface area contributed by atoms with Crippen molar-refractivity contribution in [3.05, 3.63) is 81.8 Å². The van der Waals surface area contributed by atoms with Gasteiger partial charge in [0, 0.05) is 35.4 Å². The van der Waals surface area contributed by atoms with Gasteiger partial charge >= 0.3 is 0 Å². The molecule has 0 aromatic heterocycles. The van der Waals surface area contributed by atoms with Gasteiger partial charge in [0.1, 0.15) is 11.5 Å². The van der Waals surface area contributed by atoms with Gasteiger partial charge in [-0.1, -0.05) is 35.0 Å². The number of anilines is 2. The van der Waals surface area contributed by atoms with E-state index in [0.717, 1.165) is 39.0 Å². The molecule has 1 heterocycles. The van der Waals surface area contributed by atoms with E-state index in [1.165, 1.54) is 0 Å². The number of methoxy groups -OCH3 is 1. The van der Waals surface area contributed by atoms with Crippen LogP contribution in [0.25, 0.3) is 0 Å². The minimum absolute atomic E-state index is 0.107. The van der Waals surface area contributed by atoms with E-state index in [4.69, 9.17) is 9.47 Å². The largest absolute Gasteiger partial charge is 0.497 e. The molecule has 0 radical (unpaired) electrons. The first-order valence-corrected chi connectivity index (χ1v) is 13.6. The highest BCUT2D eigenvalue weighted by Gasteiger charge is 2.35. The van der Waals surface area contributed by atoms with E-state index < -0.39 is 5.92 Å².